The second kappa shape index (κ2) is 7.04. The summed E-state index contributed by atoms with van der Waals surface area (Å²) in [6, 6.07) is 9.63. The zero-order valence-corrected chi connectivity index (χ0v) is 14.4. The molecule has 1 N–H and O–H groups in total. The van der Waals surface area contributed by atoms with Crippen LogP contribution < -0.4 is 10.2 Å². The molecule has 0 atom stereocenters. The maximum Gasteiger partial charge on any atom is 0.258 e. The molecule has 2 aromatic carbocycles. The van der Waals surface area contributed by atoms with Gasteiger partial charge in [0, 0.05) is 35.0 Å². The number of amides is 2. The van der Waals surface area contributed by atoms with Crippen LogP contribution in [-0.4, -0.2) is 18.4 Å². The Labute approximate surface area is 142 Å². The Morgan fingerprint density at radius 3 is 2.62 bits per heavy atom. The summed E-state index contributed by atoms with van der Waals surface area (Å²) in [7, 11) is 0. The highest BCUT2D eigenvalue weighted by molar-refractivity contribution is 6.27. The first-order chi connectivity index (χ1) is 11.7. The number of nitrogens with one attached hydrogen (secondary N) is 1. The maximum absolute atomic E-state index is 12.7. The Morgan fingerprint density at radius 1 is 1.08 bits per heavy atom. The van der Waals surface area contributed by atoms with Gasteiger partial charge in [0.15, 0.2) is 0 Å². The van der Waals surface area contributed by atoms with Crippen molar-refractivity contribution < 1.29 is 9.59 Å². The third kappa shape index (κ3) is 2.88. The maximum atomic E-state index is 12.7. The van der Waals surface area contributed by atoms with Crippen LogP contribution in [0.25, 0.3) is 10.8 Å². The molecule has 0 saturated carbocycles. The van der Waals surface area contributed by atoms with Gasteiger partial charge in [0.05, 0.1) is 5.69 Å². The van der Waals surface area contributed by atoms with Crippen LogP contribution >= 0.6 is 0 Å². The fourth-order valence-electron chi connectivity index (χ4n) is 3.24. The second-order valence-electron chi connectivity index (χ2n) is 6.32. The van der Waals surface area contributed by atoms with Crippen molar-refractivity contribution >= 4 is 34.0 Å². The quantitative estimate of drug-likeness (QED) is 0.800. The van der Waals surface area contributed by atoms with Crippen LogP contribution in [0.2, 0.25) is 0 Å². The van der Waals surface area contributed by atoms with Gasteiger partial charge in [-0.2, -0.15) is 0 Å². The zero-order valence-electron chi connectivity index (χ0n) is 14.4. The van der Waals surface area contributed by atoms with Crippen molar-refractivity contribution in [3.8, 4) is 0 Å². The minimum Gasteiger partial charge on any atom is -0.326 e. The fraction of sp³-hybridized carbons (Fsp3) is 0.400. The molecule has 1 aliphatic rings. The Bertz CT molecular complexity index is 783. The van der Waals surface area contributed by atoms with Crippen LogP contribution in [0.5, 0.6) is 0 Å². The van der Waals surface area contributed by atoms with E-state index in [-0.39, 0.29) is 11.8 Å². The van der Waals surface area contributed by atoms with Crippen LogP contribution in [0, 0.1) is 0 Å². The van der Waals surface area contributed by atoms with E-state index in [9.17, 15) is 9.59 Å². The molecule has 3 rings (SSSR count). The second-order valence-corrected chi connectivity index (χ2v) is 6.32. The van der Waals surface area contributed by atoms with Crippen molar-refractivity contribution in [3.05, 3.63) is 35.9 Å². The molecule has 4 heteroatoms. The lowest BCUT2D eigenvalue weighted by atomic mass is 10.0. The number of hydrogen-bond acceptors (Lipinski definition) is 2. The molecule has 24 heavy (non-hydrogen) atoms. The van der Waals surface area contributed by atoms with Gasteiger partial charge in [0.25, 0.3) is 5.91 Å². The topological polar surface area (TPSA) is 49.4 Å². The van der Waals surface area contributed by atoms with Crippen LogP contribution in [0.1, 0.15) is 56.3 Å². The van der Waals surface area contributed by atoms with E-state index in [1.807, 2.05) is 35.2 Å². The molecule has 0 fully saturated rings. The first-order valence-corrected chi connectivity index (χ1v) is 8.84. The Balaban J connectivity index is 1.98. The summed E-state index contributed by atoms with van der Waals surface area (Å²) in [6.07, 6.45) is 4.45. The van der Waals surface area contributed by atoms with Crippen molar-refractivity contribution in [2.75, 3.05) is 16.8 Å². The van der Waals surface area contributed by atoms with Crippen LogP contribution in [0.3, 0.4) is 0 Å². The summed E-state index contributed by atoms with van der Waals surface area (Å²) in [5, 5.41) is 4.92. The van der Waals surface area contributed by atoms with E-state index >= 15 is 0 Å². The summed E-state index contributed by atoms with van der Waals surface area (Å²) in [6.45, 7) is 4.93. The highest BCUT2D eigenvalue weighted by atomic mass is 16.2. The van der Waals surface area contributed by atoms with Gasteiger partial charge in [-0.05, 0) is 31.0 Å². The zero-order chi connectivity index (χ0) is 17.1. The number of anilines is 2. The van der Waals surface area contributed by atoms with Gasteiger partial charge >= 0.3 is 0 Å². The van der Waals surface area contributed by atoms with E-state index in [0.717, 1.165) is 59.9 Å². The molecule has 0 radical (unpaired) electrons. The van der Waals surface area contributed by atoms with E-state index in [0.29, 0.717) is 6.42 Å². The highest BCUT2D eigenvalue weighted by Crippen LogP contribution is 2.40. The van der Waals surface area contributed by atoms with E-state index in [2.05, 4.69) is 19.2 Å². The first kappa shape index (κ1) is 16.5. The van der Waals surface area contributed by atoms with E-state index in [1.54, 1.807) is 0 Å². The standard InChI is InChI=1S/C20H24N2O2/c1-3-5-10-18(23)21-16-11-12-17-19-14(16)8-7-9-15(19)20(24)22(17)13-6-4-2/h7-9,11-12H,3-6,10,13H2,1-2H3,(H,21,23). The molecule has 0 spiro atoms. The first-order valence-electron chi connectivity index (χ1n) is 8.84. The average Bonchev–Trinajstić information content (AvgIpc) is 2.87. The molecule has 0 unspecified atom stereocenters. The third-order valence-electron chi connectivity index (χ3n) is 4.55. The molecule has 2 aromatic rings. The molecule has 0 bridgehead atoms. The molecule has 1 heterocycles. The summed E-state index contributed by atoms with van der Waals surface area (Å²) in [5.74, 6) is 0.100. The van der Waals surface area contributed by atoms with Crippen LogP contribution in [0.4, 0.5) is 11.4 Å². The monoisotopic (exact) mass is 324 g/mol. The van der Waals surface area contributed by atoms with Gasteiger partial charge < -0.3 is 10.2 Å². The molecule has 2 amide bonds. The molecule has 0 aromatic heterocycles. The number of hydrogen-bond donors (Lipinski definition) is 1. The molecule has 1 aliphatic heterocycles. The van der Waals surface area contributed by atoms with Gasteiger partial charge in [0.1, 0.15) is 0 Å². The van der Waals surface area contributed by atoms with Gasteiger partial charge in [-0.1, -0.05) is 38.8 Å². The van der Waals surface area contributed by atoms with Crippen molar-refractivity contribution in [2.24, 2.45) is 0 Å². The Hall–Kier alpha value is -2.36. The van der Waals surface area contributed by atoms with Crippen molar-refractivity contribution in [1.29, 1.82) is 0 Å². The normalized spacial score (nSPS) is 12.9. The fourth-order valence-corrected chi connectivity index (χ4v) is 3.24. The minimum atomic E-state index is 0.0321. The number of nitrogens with zero attached hydrogens (tertiary/aromatic N) is 1. The van der Waals surface area contributed by atoms with Gasteiger partial charge in [-0.25, -0.2) is 0 Å². The number of benzene rings is 2. The van der Waals surface area contributed by atoms with E-state index in [1.165, 1.54) is 0 Å². The van der Waals surface area contributed by atoms with Crippen molar-refractivity contribution in [3.63, 3.8) is 0 Å². The number of carbonyl (C=O) groups excluding carboxylic acids is 2. The summed E-state index contributed by atoms with van der Waals surface area (Å²) in [4.78, 5) is 26.6. The SMILES string of the molecule is CCCCC(=O)Nc1ccc2c3c(cccc13)C(=O)N2CCCC. The predicted octanol–water partition coefficient (Wildman–Crippen LogP) is 4.73. The molecular formula is C20H24N2O2. The number of rotatable bonds is 7. The summed E-state index contributed by atoms with van der Waals surface area (Å²) >= 11 is 0. The lowest BCUT2D eigenvalue weighted by Gasteiger charge is -2.17. The third-order valence-corrected chi connectivity index (χ3v) is 4.55. The predicted molar refractivity (Wildman–Crippen MR) is 98.7 cm³/mol. The minimum absolute atomic E-state index is 0.0321. The van der Waals surface area contributed by atoms with Crippen LogP contribution in [-0.2, 0) is 4.79 Å². The highest BCUT2D eigenvalue weighted by Gasteiger charge is 2.29. The molecule has 126 valence electrons. The van der Waals surface area contributed by atoms with E-state index in [4.69, 9.17) is 0 Å². The Morgan fingerprint density at radius 2 is 1.88 bits per heavy atom. The molecule has 4 nitrogen and oxygen atoms in total. The number of unbranched alkanes of at least 4 members (excludes halogenated alkanes) is 2. The van der Waals surface area contributed by atoms with Crippen LogP contribution in [0.15, 0.2) is 30.3 Å². The summed E-state index contributed by atoms with van der Waals surface area (Å²) in [5.41, 5.74) is 2.50. The van der Waals surface area contributed by atoms with Gasteiger partial charge in [0.2, 0.25) is 5.91 Å². The molecule has 0 aliphatic carbocycles. The van der Waals surface area contributed by atoms with Gasteiger partial charge in [-0.3, -0.25) is 9.59 Å². The smallest absolute Gasteiger partial charge is 0.258 e. The largest absolute Gasteiger partial charge is 0.326 e. The lowest BCUT2D eigenvalue weighted by Crippen LogP contribution is -2.27. The lowest BCUT2D eigenvalue weighted by molar-refractivity contribution is -0.116. The van der Waals surface area contributed by atoms with E-state index < -0.39 is 0 Å². The van der Waals surface area contributed by atoms with Gasteiger partial charge in [-0.15, -0.1) is 0 Å². The molecule has 0 saturated heterocycles. The Kier molecular flexibility index (Phi) is 4.84. The van der Waals surface area contributed by atoms with Crippen molar-refractivity contribution in [1.82, 2.24) is 0 Å². The van der Waals surface area contributed by atoms with Crippen molar-refractivity contribution in [2.45, 2.75) is 46.0 Å². The summed E-state index contributed by atoms with van der Waals surface area (Å²) < 4.78 is 0. The number of carbonyl (C=O) groups is 2. The molecular weight excluding hydrogens is 300 g/mol. The average molecular weight is 324 g/mol.